The van der Waals surface area contributed by atoms with Gasteiger partial charge < -0.3 is 43.9 Å². The number of carboxylic acid groups (broad SMARTS) is 1. The summed E-state index contributed by atoms with van der Waals surface area (Å²) in [6.45, 7) is 5.69. The monoisotopic (exact) mass is 600 g/mol. The fourth-order valence-corrected chi connectivity index (χ4v) is 5.27. The predicted molar refractivity (Wildman–Crippen MR) is 152 cm³/mol. The number of rotatable bonds is 13. The Balaban J connectivity index is 1.50. The van der Waals surface area contributed by atoms with E-state index >= 15 is 0 Å². The summed E-state index contributed by atoms with van der Waals surface area (Å²) in [5.74, 6) is -2.13. The largest absolute Gasteiger partial charge is 0.518 e. The van der Waals surface area contributed by atoms with Crippen molar-refractivity contribution in [3.05, 3.63) is 52.6 Å². The lowest BCUT2D eigenvalue weighted by atomic mass is 9.96. The van der Waals surface area contributed by atoms with E-state index in [0.29, 0.717) is 36.0 Å². The molecule has 1 saturated heterocycles. The van der Waals surface area contributed by atoms with Crippen molar-refractivity contribution in [1.82, 2.24) is 20.5 Å². The van der Waals surface area contributed by atoms with Crippen molar-refractivity contribution in [3.63, 3.8) is 0 Å². The number of fused-ring (bicyclic) bond motifs is 1. The minimum absolute atomic E-state index is 0.0312. The minimum atomic E-state index is -1.43. The molecule has 0 radical (unpaired) electrons. The molecule has 2 aromatic heterocycles. The van der Waals surface area contributed by atoms with Crippen molar-refractivity contribution >= 4 is 34.8 Å². The first-order valence-electron chi connectivity index (χ1n) is 14.0. The molecule has 1 aromatic carbocycles. The third-order valence-corrected chi connectivity index (χ3v) is 7.40. The highest BCUT2D eigenvalue weighted by molar-refractivity contribution is 6.01. The van der Waals surface area contributed by atoms with E-state index in [1.165, 1.54) is 12.0 Å². The molecule has 4 N–H and O–H groups in total. The van der Waals surface area contributed by atoms with Crippen LogP contribution < -0.4 is 21.2 Å². The van der Waals surface area contributed by atoms with Crippen LogP contribution in [0.25, 0.3) is 10.9 Å². The molecule has 0 unspecified atom stereocenters. The number of hydrogen-bond donors (Lipinski definition) is 4. The van der Waals surface area contributed by atoms with E-state index in [4.69, 9.17) is 18.7 Å². The van der Waals surface area contributed by atoms with Gasteiger partial charge in [0.05, 0.1) is 19.2 Å². The fraction of sp³-hybridized carbons (Fsp3) is 0.483. The number of amides is 3. The van der Waals surface area contributed by atoms with E-state index in [1.54, 1.807) is 25.1 Å². The Bertz CT molecular complexity index is 1520. The van der Waals surface area contributed by atoms with Crippen molar-refractivity contribution in [2.24, 2.45) is 11.8 Å². The second kappa shape index (κ2) is 13.5. The Morgan fingerprint density at radius 3 is 2.60 bits per heavy atom. The number of benzene rings is 1. The highest BCUT2D eigenvalue weighted by atomic mass is 16.7. The van der Waals surface area contributed by atoms with Gasteiger partial charge in [0.2, 0.25) is 11.8 Å². The van der Waals surface area contributed by atoms with Crippen LogP contribution in [0.5, 0.6) is 5.75 Å². The Morgan fingerprint density at radius 2 is 1.95 bits per heavy atom. The molecule has 1 aliphatic rings. The van der Waals surface area contributed by atoms with E-state index < -0.39 is 47.8 Å². The first-order chi connectivity index (χ1) is 20.5. The molecule has 43 heavy (non-hydrogen) atoms. The maximum Gasteiger partial charge on any atom is 0.518 e. The molecule has 0 spiro atoms. The SMILES string of the molecule is COc1cccc2[nH]c(C(=O)N[C@@H](CC(C)C)C(=O)N[C@@H](C[C@@H]3CCN([C@@H](C)COC(=O)O)C3=O)c3coc(=O)o3)cc12. The number of carbonyl (C=O) groups excluding carboxylic acids is 3. The molecule has 1 aliphatic heterocycles. The topological polar surface area (TPSA) is 193 Å². The van der Waals surface area contributed by atoms with Crippen LogP contribution in [-0.2, 0) is 14.3 Å². The molecule has 0 bridgehead atoms. The molecular weight excluding hydrogens is 564 g/mol. The Labute approximate surface area is 246 Å². The predicted octanol–water partition coefficient (Wildman–Crippen LogP) is 3.05. The first-order valence-corrected chi connectivity index (χ1v) is 14.0. The summed E-state index contributed by atoms with van der Waals surface area (Å²) >= 11 is 0. The molecule has 0 aliphatic carbocycles. The van der Waals surface area contributed by atoms with Gasteiger partial charge in [-0.25, -0.2) is 9.59 Å². The quantitative estimate of drug-likeness (QED) is 0.212. The second-order valence-corrected chi connectivity index (χ2v) is 11.0. The highest BCUT2D eigenvalue weighted by Gasteiger charge is 2.38. The molecule has 0 saturated carbocycles. The van der Waals surface area contributed by atoms with E-state index in [0.717, 1.165) is 6.26 Å². The number of ether oxygens (including phenoxy) is 2. The van der Waals surface area contributed by atoms with Crippen LogP contribution in [0.15, 0.2) is 44.2 Å². The van der Waals surface area contributed by atoms with Crippen LogP contribution in [0.3, 0.4) is 0 Å². The molecule has 3 aromatic rings. The van der Waals surface area contributed by atoms with Gasteiger partial charge in [-0.3, -0.25) is 14.4 Å². The van der Waals surface area contributed by atoms with Gasteiger partial charge in [-0.15, -0.1) is 0 Å². The van der Waals surface area contributed by atoms with E-state index in [-0.39, 0.29) is 36.3 Å². The van der Waals surface area contributed by atoms with Gasteiger partial charge in [-0.2, -0.15) is 0 Å². The van der Waals surface area contributed by atoms with Gasteiger partial charge in [0, 0.05) is 23.4 Å². The van der Waals surface area contributed by atoms with Crippen LogP contribution in [-0.4, -0.2) is 71.2 Å². The van der Waals surface area contributed by atoms with Crippen molar-refractivity contribution in [3.8, 4) is 5.75 Å². The fourth-order valence-electron chi connectivity index (χ4n) is 5.27. The minimum Gasteiger partial charge on any atom is -0.496 e. The molecule has 14 nitrogen and oxygen atoms in total. The number of nitrogens with zero attached hydrogens (tertiary/aromatic N) is 1. The summed E-state index contributed by atoms with van der Waals surface area (Å²) in [4.78, 5) is 67.1. The van der Waals surface area contributed by atoms with Gasteiger partial charge in [0.25, 0.3) is 5.91 Å². The Kier molecular flexibility index (Phi) is 9.78. The third kappa shape index (κ3) is 7.56. The molecule has 3 heterocycles. The lowest BCUT2D eigenvalue weighted by Crippen LogP contribution is -2.48. The summed E-state index contributed by atoms with van der Waals surface area (Å²) in [5.41, 5.74) is 0.944. The highest BCUT2D eigenvalue weighted by Crippen LogP contribution is 2.30. The summed E-state index contributed by atoms with van der Waals surface area (Å²) in [7, 11) is 1.54. The van der Waals surface area contributed by atoms with E-state index in [9.17, 15) is 24.0 Å². The zero-order valence-corrected chi connectivity index (χ0v) is 24.4. The van der Waals surface area contributed by atoms with Crippen LogP contribution in [0.4, 0.5) is 4.79 Å². The maximum absolute atomic E-state index is 13.6. The van der Waals surface area contributed by atoms with Crippen LogP contribution >= 0.6 is 0 Å². The van der Waals surface area contributed by atoms with E-state index in [2.05, 4.69) is 20.4 Å². The standard InChI is InChI=1S/C29H36N4O10/c1-15(2)10-21(32-26(35)22-12-18-19(30-22)6-5-7-23(18)40-4)25(34)31-20(24-14-42-29(39)43-24)11-17-8-9-33(27(17)36)16(3)13-41-28(37)38/h5-7,12,14-17,20-21,30H,8-11,13H2,1-4H3,(H,31,34)(H,32,35)(H,37,38)/t16-,17-,20-,21-/m0/s1. The summed E-state index contributed by atoms with van der Waals surface area (Å²) < 4.78 is 19.9. The number of likely N-dealkylation sites (tertiary alicyclic amines) is 1. The number of aromatic amines is 1. The van der Waals surface area contributed by atoms with E-state index in [1.807, 2.05) is 19.9 Å². The summed E-state index contributed by atoms with van der Waals surface area (Å²) in [5, 5.41) is 15.1. The first kappa shape index (κ1) is 31.2. The molecule has 14 heteroatoms. The number of hydrogen-bond acceptors (Lipinski definition) is 9. The average molecular weight is 601 g/mol. The number of H-pyrrole nitrogens is 1. The van der Waals surface area contributed by atoms with Gasteiger partial charge in [-0.1, -0.05) is 19.9 Å². The number of methoxy groups -OCH3 is 1. The Hall–Kier alpha value is -4.75. The van der Waals surface area contributed by atoms with Crippen LogP contribution in [0, 0.1) is 11.8 Å². The van der Waals surface area contributed by atoms with Crippen molar-refractivity contribution in [1.29, 1.82) is 0 Å². The number of nitrogens with one attached hydrogen (secondary N) is 3. The lowest BCUT2D eigenvalue weighted by molar-refractivity contribution is -0.134. The molecule has 4 rings (SSSR count). The Morgan fingerprint density at radius 1 is 1.19 bits per heavy atom. The molecule has 3 amide bonds. The van der Waals surface area contributed by atoms with Gasteiger partial charge >= 0.3 is 12.0 Å². The smallest absolute Gasteiger partial charge is 0.496 e. The molecular formula is C29H36N4O10. The number of aromatic nitrogens is 1. The zero-order chi connectivity index (χ0) is 31.3. The number of carbonyl (C=O) groups is 4. The molecule has 1 fully saturated rings. The maximum atomic E-state index is 13.6. The second-order valence-electron chi connectivity index (χ2n) is 11.0. The molecule has 232 valence electrons. The zero-order valence-electron chi connectivity index (χ0n) is 24.4. The van der Waals surface area contributed by atoms with Crippen molar-refractivity contribution in [2.45, 2.75) is 58.2 Å². The normalized spacial score (nSPS) is 17.1. The summed E-state index contributed by atoms with van der Waals surface area (Å²) in [6, 6.07) is 4.68. The van der Waals surface area contributed by atoms with Gasteiger partial charge in [0.1, 0.15) is 30.4 Å². The van der Waals surface area contributed by atoms with Crippen molar-refractivity contribution < 1.29 is 42.6 Å². The molecule has 4 atom stereocenters. The summed E-state index contributed by atoms with van der Waals surface area (Å²) in [6.07, 6.45) is 0.475. The van der Waals surface area contributed by atoms with Crippen LogP contribution in [0.1, 0.15) is 62.3 Å². The van der Waals surface area contributed by atoms with Crippen LogP contribution in [0.2, 0.25) is 0 Å². The van der Waals surface area contributed by atoms with Gasteiger partial charge in [-0.05, 0) is 50.3 Å². The lowest BCUT2D eigenvalue weighted by Gasteiger charge is -2.26. The third-order valence-electron chi connectivity index (χ3n) is 7.40. The average Bonchev–Trinajstić information content (AvgIpc) is 3.69. The van der Waals surface area contributed by atoms with Gasteiger partial charge in [0.15, 0.2) is 5.76 Å². The van der Waals surface area contributed by atoms with Crippen molar-refractivity contribution in [2.75, 3.05) is 20.3 Å².